The lowest BCUT2D eigenvalue weighted by Gasteiger charge is -2.51. The third-order valence-corrected chi connectivity index (χ3v) is 8.22. The minimum absolute atomic E-state index is 0.0577. The molecule has 3 nitrogen and oxygen atoms in total. The number of phenolic OH excluding ortho intramolecular Hbond substituents is 1. The molecule has 1 heterocycles. The summed E-state index contributed by atoms with van der Waals surface area (Å²) in [5.74, 6) is 0.408. The van der Waals surface area contributed by atoms with E-state index in [9.17, 15) is 5.11 Å². The molecule has 2 aliphatic carbocycles. The van der Waals surface area contributed by atoms with Crippen LogP contribution in [0, 0.1) is 10.8 Å². The van der Waals surface area contributed by atoms with Crippen LogP contribution in [0.25, 0.3) is 21.9 Å². The van der Waals surface area contributed by atoms with Crippen molar-refractivity contribution in [3.8, 4) is 16.9 Å². The van der Waals surface area contributed by atoms with E-state index in [0.717, 1.165) is 44.5 Å². The molecule has 0 bridgehead atoms. The van der Waals surface area contributed by atoms with Gasteiger partial charge in [-0.3, -0.25) is 0 Å². The van der Waals surface area contributed by atoms with Crippen LogP contribution in [0.4, 0.5) is 5.69 Å². The van der Waals surface area contributed by atoms with Crippen LogP contribution in [0.5, 0.6) is 5.75 Å². The lowest BCUT2D eigenvalue weighted by Crippen LogP contribution is -2.43. The molecule has 3 aromatic carbocycles. The number of fused-ring (bicyclic) bond motifs is 7. The summed E-state index contributed by atoms with van der Waals surface area (Å²) >= 11 is 0. The molecule has 0 aromatic heterocycles. The Kier molecular flexibility index (Phi) is 4.46. The number of phenols is 1. The predicted octanol–water partition coefficient (Wildman–Crippen LogP) is 6.88. The molecule has 3 heteroatoms. The smallest absolute Gasteiger partial charge is 0.123 e. The maximum absolute atomic E-state index is 11.3. The second-order valence-electron chi connectivity index (χ2n) is 12.1. The highest BCUT2D eigenvalue weighted by molar-refractivity contribution is 6.06. The minimum atomic E-state index is -0.0577. The van der Waals surface area contributed by atoms with Gasteiger partial charge in [-0.25, -0.2) is 0 Å². The number of aromatic hydroxyl groups is 1. The zero-order valence-electron chi connectivity index (χ0n) is 20.4. The summed E-state index contributed by atoms with van der Waals surface area (Å²) < 4.78 is 5.58. The van der Waals surface area contributed by atoms with E-state index < -0.39 is 0 Å². The normalized spacial score (nSPS) is 22.4. The van der Waals surface area contributed by atoms with Crippen LogP contribution in [-0.4, -0.2) is 31.4 Å². The standard InChI is InChI=1S/C30H35NO2/c1-28(2)17-29(3,4)19-30(18-28)24-8-6-5-7-22(24)27-23-15-20(31-11-13-33-14-12-31)9-10-21(23)26(32)16-25(27)30/h5-10,15-16,32H,11-14,17-19H2,1-4H3. The molecule has 6 rings (SSSR count). The molecule has 0 unspecified atom stereocenters. The maximum Gasteiger partial charge on any atom is 0.123 e. The quantitative estimate of drug-likeness (QED) is 0.446. The van der Waals surface area contributed by atoms with Crippen LogP contribution < -0.4 is 4.90 Å². The highest BCUT2D eigenvalue weighted by Crippen LogP contribution is 2.64. The number of hydrogen-bond acceptors (Lipinski definition) is 3. The van der Waals surface area contributed by atoms with Crippen molar-refractivity contribution in [3.63, 3.8) is 0 Å². The molecule has 1 aliphatic heterocycles. The Labute approximate surface area is 197 Å². The number of nitrogens with zero attached hydrogens (tertiary/aromatic N) is 1. The fourth-order valence-corrected chi connectivity index (χ4v) is 7.84. The molecule has 1 saturated heterocycles. The third kappa shape index (κ3) is 3.19. The van der Waals surface area contributed by atoms with E-state index in [0.29, 0.717) is 5.75 Å². The van der Waals surface area contributed by atoms with E-state index in [4.69, 9.17) is 4.74 Å². The summed E-state index contributed by atoms with van der Waals surface area (Å²) in [6, 6.07) is 17.7. The van der Waals surface area contributed by atoms with Crippen molar-refractivity contribution in [2.45, 2.75) is 52.4 Å². The number of rotatable bonds is 1. The largest absolute Gasteiger partial charge is 0.507 e. The van der Waals surface area contributed by atoms with Crippen molar-refractivity contribution >= 4 is 16.5 Å². The van der Waals surface area contributed by atoms with Crippen molar-refractivity contribution < 1.29 is 9.84 Å². The highest BCUT2D eigenvalue weighted by Gasteiger charge is 2.53. The van der Waals surface area contributed by atoms with Gasteiger partial charge in [-0.15, -0.1) is 0 Å². The summed E-state index contributed by atoms with van der Waals surface area (Å²) in [7, 11) is 0. The van der Waals surface area contributed by atoms with E-state index in [-0.39, 0.29) is 16.2 Å². The van der Waals surface area contributed by atoms with Crippen molar-refractivity contribution in [2.75, 3.05) is 31.2 Å². The molecule has 0 amide bonds. The van der Waals surface area contributed by atoms with Crippen molar-refractivity contribution in [1.29, 1.82) is 0 Å². The zero-order valence-corrected chi connectivity index (χ0v) is 20.4. The summed E-state index contributed by atoms with van der Waals surface area (Å²) in [4.78, 5) is 2.41. The summed E-state index contributed by atoms with van der Waals surface area (Å²) in [5, 5.41) is 13.4. The monoisotopic (exact) mass is 441 g/mol. The van der Waals surface area contributed by atoms with E-state index in [1.165, 1.54) is 39.7 Å². The fraction of sp³-hybridized carbons (Fsp3) is 0.467. The Balaban J connectivity index is 1.64. The second kappa shape index (κ2) is 6.99. The Bertz CT molecular complexity index is 1230. The van der Waals surface area contributed by atoms with Gasteiger partial charge >= 0.3 is 0 Å². The van der Waals surface area contributed by atoms with E-state index >= 15 is 0 Å². The molecular formula is C30H35NO2. The van der Waals surface area contributed by atoms with Gasteiger partial charge in [0.25, 0.3) is 0 Å². The molecule has 33 heavy (non-hydrogen) atoms. The SMILES string of the molecule is CC1(C)CC(C)(C)CC2(C1)c1ccccc1-c1c2cc(O)c2ccc(N3CCOCC3)cc12. The second-order valence-corrected chi connectivity index (χ2v) is 12.1. The van der Waals surface area contributed by atoms with E-state index in [2.05, 4.69) is 81.1 Å². The number of morpholine rings is 1. The third-order valence-electron chi connectivity index (χ3n) is 8.22. The molecular weight excluding hydrogens is 406 g/mol. The van der Waals surface area contributed by atoms with Gasteiger partial charge in [0.05, 0.1) is 13.2 Å². The summed E-state index contributed by atoms with van der Waals surface area (Å²) in [6.45, 7) is 13.1. The van der Waals surface area contributed by atoms with Gasteiger partial charge in [0.1, 0.15) is 5.75 Å². The van der Waals surface area contributed by atoms with E-state index in [1.54, 1.807) is 0 Å². The van der Waals surface area contributed by atoms with Gasteiger partial charge in [-0.2, -0.15) is 0 Å². The Hall–Kier alpha value is -2.52. The molecule has 172 valence electrons. The van der Waals surface area contributed by atoms with Gasteiger partial charge in [-0.1, -0.05) is 52.0 Å². The number of benzene rings is 3. The molecule has 3 aliphatic rings. The predicted molar refractivity (Wildman–Crippen MR) is 136 cm³/mol. The van der Waals surface area contributed by atoms with Crippen LogP contribution in [0.1, 0.15) is 58.1 Å². The van der Waals surface area contributed by atoms with Gasteiger partial charge in [-0.05, 0) is 82.0 Å². The Morgan fingerprint density at radius 1 is 0.788 bits per heavy atom. The van der Waals surface area contributed by atoms with Crippen LogP contribution in [0.3, 0.4) is 0 Å². The molecule has 1 spiro atoms. The highest BCUT2D eigenvalue weighted by atomic mass is 16.5. The first-order valence-electron chi connectivity index (χ1n) is 12.4. The van der Waals surface area contributed by atoms with Crippen LogP contribution in [0.2, 0.25) is 0 Å². The lowest BCUT2D eigenvalue weighted by atomic mass is 9.52. The molecule has 2 fully saturated rings. The van der Waals surface area contributed by atoms with Gasteiger partial charge in [0, 0.05) is 29.6 Å². The van der Waals surface area contributed by atoms with Crippen LogP contribution >= 0.6 is 0 Å². The summed E-state index contributed by atoms with van der Waals surface area (Å²) in [6.07, 6.45) is 3.45. The Morgan fingerprint density at radius 3 is 2.21 bits per heavy atom. The van der Waals surface area contributed by atoms with Crippen LogP contribution in [0.15, 0.2) is 48.5 Å². The van der Waals surface area contributed by atoms with Gasteiger partial charge in [0.2, 0.25) is 0 Å². The molecule has 0 atom stereocenters. The van der Waals surface area contributed by atoms with Gasteiger partial charge < -0.3 is 14.7 Å². The van der Waals surface area contributed by atoms with Crippen molar-refractivity contribution in [1.82, 2.24) is 0 Å². The molecule has 3 aromatic rings. The summed E-state index contributed by atoms with van der Waals surface area (Å²) in [5.41, 5.74) is 7.09. The van der Waals surface area contributed by atoms with Crippen molar-refractivity contribution in [3.05, 3.63) is 59.7 Å². The minimum Gasteiger partial charge on any atom is -0.507 e. The first-order valence-corrected chi connectivity index (χ1v) is 12.4. The molecule has 1 N–H and O–H groups in total. The number of hydrogen-bond donors (Lipinski definition) is 1. The first-order chi connectivity index (χ1) is 15.7. The molecule has 1 saturated carbocycles. The fourth-order valence-electron chi connectivity index (χ4n) is 7.84. The van der Waals surface area contributed by atoms with Crippen LogP contribution in [-0.2, 0) is 10.2 Å². The maximum atomic E-state index is 11.3. The number of anilines is 1. The number of ether oxygens (including phenoxy) is 1. The topological polar surface area (TPSA) is 32.7 Å². The lowest BCUT2D eigenvalue weighted by molar-refractivity contribution is 0.0645. The average molecular weight is 442 g/mol. The van der Waals surface area contributed by atoms with E-state index in [1.807, 2.05) is 0 Å². The zero-order chi connectivity index (χ0) is 23.0. The average Bonchev–Trinajstić information content (AvgIpc) is 3.01. The van der Waals surface area contributed by atoms with Crippen molar-refractivity contribution in [2.24, 2.45) is 10.8 Å². The Morgan fingerprint density at radius 2 is 1.48 bits per heavy atom. The van der Waals surface area contributed by atoms with Gasteiger partial charge in [0.15, 0.2) is 0 Å². The first kappa shape index (κ1) is 21.0. The molecule has 0 radical (unpaired) electrons.